The summed E-state index contributed by atoms with van der Waals surface area (Å²) in [7, 11) is 2.99. The van der Waals surface area contributed by atoms with Crippen molar-refractivity contribution in [1.82, 2.24) is 0 Å². The summed E-state index contributed by atoms with van der Waals surface area (Å²) in [4.78, 5) is 25.4. The highest BCUT2D eigenvalue weighted by Crippen LogP contribution is 2.37. The van der Waals surface area contributed by atoms with Crippen molar-refractivity contribution in [1.29, 1.82) is 0 Å². The van der Waals surface area contributed by atoms with E-state index < -0.39 is 0 Å². The second-order valence-corrected chi connectivity index (χ2v) is 7.74. The summed E-state index contributed by atoms with van der Waals surface area (Å²) in [6.07, 6.45) is 2.66. The lowest BCUT2D eigenvalue weighted by Gasteiger charge is -2.16. The molecule has 7 heteroatoms. The Morgan fingerprint density at radius 3 is 2.21 bits per heavy atom. The first-order valence-electron chi connectivity index (χ1n) is 10.9. The van der Waals surface area contributed by atoms with Gasteiger partial charge in [-0.15, -0.1) is 0 Å². The van der Waals surface area contributed by atoms with E-state index in [1.54, 1.807) is 42.7 Å². The molecule has 1 aromatic heterocycles. The number of hydrogen-bond acceptors (Lipinski definition) is 5. The van der Waals surface area contributed by atoms with Crippen LogP contribution in [0.1, 0.15) is 28.4 Å². The van der Waals surface area contributed by atoms with Crippen LogP contribution in [0.25, 0.3) is 11.0 Å². The second kappa shape index (κ2) is 10.1. The third-order valence-electron chi connectivity index (χ3n) is 5.56. The predicted molar refractivity (Wildman–Crippen MR) is 132 cm³/mol. The lowest BCUT2D eigenvalue weighted by molar-refractivity contribution is -0.115. The number of nitrogens with one attached hydrogen (secondary N) is 2. The summed E-state index contributed by atoms with van der Waals surface area (Å²) in [5.74, 6) is 0.267. The highest BCUT2D eigenvalue weighted by Gasteiger charge is 2.17. The molecule has 34 heavy (non-hydrogen) atoms. The topological polar surface area (TPSA) is 89.8 Å². The van der Waals surface area contributed by atoms with Crippen LogP contribution in [-0.2, 0) is 17.6 Å². The van der Waals surface area contributed by atoms with Crippen LogP contribution in [0.3, 0.4) is 0 Å². The maximum Gasteiger partial charge on any atom is 0.255 e. The molecule has 0 aliphatic rings. The number of benzene rings is 3. The summed E-state index contributed by atoms with van der Waals surface area (Å²) in [5.41, 5.74) is 4.11. The van der Waals surface area contributed by atoms with Crippen LogP contribution in [0.2, 0.25) is 0 Å². The Morgan fingerprint density at radius 2 is 1.56 bits per heavy atom. The molecule has 2 N–H and O–H groups in total. The largest absolute Gasteiger partial charge is 0.494 e. The first-order chi connectivity index (χ1) is 16.5. The summed E-state index contributed by atoms with van der Waals surface area (Å²) < 4.78 is 16.6. The maximum atomic E-state index is 12.8. The Kier molecular flexibility index (Phi) is 6.82. The molecule has 3 aromatic carbocycles. The van der Waals surface area contributed by atoms with Gasteiger partial charge in [0.2, 0.25) is 5.91 Å². The standard InChI is InChI=1S/C27H26N2O5/c1-4-17-10-11-20-19(16-34-23(20)12-17)13-26(30)28-21-14-25(33-3)22(15-24(21)32-2)29-27(31)18-8-6-5-7-9-18/h5-12,14-16H,4,13H2,1-3H3,(H,28,30)(H,29,31). The molecular weight excluding hydrogens is 432 g/mol. The van der Waals surface area contributed by atoms with E-state index in [-0.39, 0.29) is 18.2 Å². The zero-order valence-electron chi connectivity index (χ0n) is 19.3. The molecule has 0 spiro atoms. The zero-order chi connectivity index (χ0) is 24.1. The fraction of sp³-hybridized carbons (Fsp3) is 0.185. The number of furan rings is 1. The van der Waals surface area contributed by atoms with Gasteiger partial charge >= 0.3 is 0 Å². The van der Waals surface area contributed by atoms with Crippen molar-refractivity contribution >= 4 is 34.2 Å². The highest BCUT2D eigenvalue weighted by atomic mass is 16.5. The van der Waals surface area contributed by atoms with Gasteiger partial charge in [0.25, 0.3) is 5.91 Å². The van der Waals surface area contributed by atoms with E-state index in [0.29, 0.717) is 28.4 Å². The molecule has 0 saturated heterocycles. The van der Waals surface area contributed by atoms with Crippen molar-refractivity contribution in [2.75, 3.05) is 24.9 Å². The minimum absolute atomic E-state index is 0.135. The minimum atomic E-state index is -0.282. The van der Waals surface area contributed by atoms with E-state index in [4.69, 9.17) is 13.9 Å². The Bertz CT molecular complexity index is 1330. The van der Waals surface area contributed by atoms with Crippen molar-refractivity contribution in [3.63, 3.8) is 0 Å². The quantitative estimate of drug-likeness (QED) is 0.367. The summed E-state index contributed by atoms with van der Waals surface area (Å²) in [6.45, 7) is 2.08. The summed E-state index contributed by atoms with van der Waals surface area (Å²) >= 11 is 0. The van der Waals surface area contributed by atoms with E-state index >= 15 is 0 Å². The molecule has 0 bridgehead atoms. The van der Waals surface area contributed by atoms with E-state index in [1.807, 2.05) is 24.3 Å². The van der Waals surface area contributed by atoms with Gasteiger partial charge < -0.3 is 24.5 Å². The molecule has 4 rings (SSSR count). The van der Waals surface area contributed by atoms with Gasteiger partial charge in [0, 0.05) is 28.6 Å². The van der Waals surface area contributed by atoms with Crippen LogP contribution in [0.15, 0.2) is 71.3 Å². The molecule has 1 heterocycles. The van der Waals surface area contributed by atoms with Gasteiger partial charge in [-0.25, -0.2) is 0 Å². The van der Waals surface area contributed by atoms with Crippen LogP contribution in [0, 0.1) is 0 Å². The highest BCUT2D eigenvalue weighted by molar-refractivity contribution is 6.05. The Morgan fingerprint density at radius 1 is 0.882 bits per heavy atom. The number of carbonyl (C=O) groups excluding carboxylic acids is 2. The van der Waals surface area contributed by atoms with E-state index in [9.17, 15) is 9.59 Å². The smallest absolute Gasteiger partial charge is 0.255 e. The number of fused-ring (bicyclic) bond motifs is 1. The maximum absolute atomic E-state index is 12.8. The van der Waals surface area contributed by atoms with Gasteiger partial charge in [0.1, 0.15) is 17.1 Å². The Hall–Kier alpha value is -4.26. The molecular formula is C27H26N2O5. The number of methoxy groups -OCH3 is 2. The van der Waals surface area contributed by atoms with Crippen LogP contribution in [0.5, 0.6) is 11.5 Å². The van der Waals surface area contributed by atoms with Crippen molar-refractivity contribution in [3.8, 4) is 11.5 Å². The van der Waals surface area contributed by atoms with Crippen LogP contribution < -0.4 is 20.1 Å². The second-order valence-electron chi connectivity index (χ2n) is 7.74. The molecule has 0 aliphatic carbocycles. The molecule has 174 valence electrons. The summed E-state index contributed by atoms with van der Waals surface area (Å²) in [6, 6.07) is 18.1. The SMILES string of the molecule is CCc1ccc2c(CC(=O)Nc3cc(OC)c(NC(=O)c4ccccc4)cc3OC)coc2c1. The lowest BCUT2D eigenvalue weighted by atomic mass is 10.1. The Balaban J connectivity index is 1.53. The molecule has 7 nitrogen and oxygen atoms in total. The van der Waals surface area contributed by atoms with Crippen molar-refractivity contribution in [3.05, 3.63) is 83.6 Å². The van der Waals surface area contributed by atoms with Crippen LogP contribution in [-0.4, -0.2) is 26.0 Å². The lowest BCUT2D eigenvalue weighted by Crippen LogP contribution is -2.16. The summed E-state index contributed by atoms with van der Waals surface area (Å²) in [5, 5.41) is 6.62. The monoisotopic (exact) mass is 458 g/mol. The molecule has 0 radical (unpaired) electrons. The van der Waals surface area contributed by atoms with E-state index in [0.717, 1.165) is 23.0 Å². The number of anilines is 2. The number of amides is 2. The minimum Gasteiger partial charge on any atom is -0.494 e. The van der Waals surface area contributed by atoms with Crippen molar-refractivity contribution in [2.45, 2.75) is 19.8 Å². The van der Waals surface area contributed by atoms with Crippen LogP contribution in [0.4, 0.5) is 11.4 Å². The number of carbonyl (C=O) groups is 2. The van der Waals surface area contributed by atoms with E-state index in [2.05, 4.69) is 17.6 Å². The number of ether oxygens (including phenoxy) is 2. The molecule has 0 fully saturated rings. The van der Waals surface area contributed by atoms with Gasteiger partial charge in [-0.3, -0.25) is 9.59 Å². The van der Waals surface area contributed by atoms with Gasteiger partial charge in [-0.05, 0) is 30.2 Å². The third-order valence-corrected chi connectivity index (χ3v) is 5.56. The number of aryl methyl sites for hydroxylation is 1. The number of rotatable bonds is 8. The average molecular weight is 459 g/mol. The molecule has 0 unspecified atom stereocenters. The molecule has 2 amide bonds. The van der Waals surface area contributed by atoms with E-state index in [1.165, 1.54) is 19.8 Å². The fourth-order valence-electron chi connectivity index (χ4n) is 3.73. The average Bonchev–Trinajstić information content (AvgIpc) is 3.26. The first-order valence-corrected chi connectivity index (χ1v) is 10.9. The van der Waals surface area contributed by atoms with Gasteiger partial charge in [0.05, 0.1) is 38.3 Å². The van der Waals surface area contributed by atoms with Gasteiger partial charge in [-0.2, -0.15) is 0 Å². The van der Waals surface area contributed by atoms with Gasteiger partial charge in [-0.1, -0.05) is 37.3 Å². The Labute approximate surface area is 197 Å². The molecule has 0 aliphatic heterocycles. The predicted octanol–water partition coefficient (Wildman–Crippen LogP) is 5.45. The van der Waals surface area contributed by atoms with Crippen LogP contribution >= 0.6 is 0 Å². The van der Waals surface area contributed by atoms with Gasteiger partial charge in [0.15, 0.2) is 0 Å². The third kappa shape index (κ3) is 4.88. The first kappa shape index (κ1) is 22.9. The van der Waals surface area contributed by atoms with Crippen molar-refractivity contribution in [2.24, 2.45) is 0 Å². The molecule has 0 atom stereocenters. The molecule has 0 saturated carbocycles. The molecule has 4 aromatic rings. The zero-order valence-corrected chi connectivity index (χ0v) is 19.3. The normalized spacial score (nSPS) is 10.7. The van der Waals surface area contributed by atoms with Crippen molar-refractivity contribution < 1.29 is 23.5 Å². The fourth-order valence-corrected chi connectivity index (χ4v) is 3.73. The number of hydrogen-bond donors (Lipinski definition) is 2.